The summed E-state index contributed by atoms with van der Waals surface area (Å²) in [6.07, 6.45) is 1.69. The van der Waals surface area contributed by atoms with Gasteiger partial charge in [0, 0.05) is 10.6 Å². The highest BCUT2D eigenvalue weighted by Crippen LogP contribution is 2.14. The minimum Gasteiger partial charge on any atom is -0.341 e. The van der Waals surface area contributed by atoms with E-state index in [-0.39, 0.29) is 11.6 Å². The third kappa shape index (κ3) is 5.43. The molecule has 2 aromatic carbocycles. The molecule has 0 saturated heterocycles. The van der Waals surface area contributed by atoms with E-state index >= 15 is 0 Å². The maximum Gasteiger partial charge on any atom is 0.247 e. The zero-order valence-electron chi connectivity index (χ0n) is 13.8. The van der Waals surface area contributed by atoms with E-state index in [1.54, 1.807) is 43.3 Å². The molecular formula is C19H18ClFN2O2. The van der Waals surface area contributed by atoms with Crippen LogP contribution in [-0.2, 0) is 9.59 Å². The van der Waals surface area contributed by atoms with E-state index in [0.29, 0.717) is 10.6 Å². The predicted octanol–water partition coefficient (Wildman–Crippen LogP) is 4.03. The van der Waals surface area contributed by atoms with Gasteiger partial charge in [0.1, 0.15) is 11.9 Å². The Bertz CT molecular complexity index is 803. The Morgan fingerprint density at radius 1 is 1.12 bits per heavy atom. The fourth-order valence-corrected chi connectivity index (χ4v) is 2.18. The Labute approximate surface area is 150 Å². The van der Waals surface area contributed by atoms with Crippen LogP contribution in [0.25, 0.3) is 6.08 Å². The summed E-state index contributed by atoms with van der Waals surface area (Å²) in [5, 5.41) is 5.64. The number of halogens is 2. The highest BCUT2D eigenvalue weighted by Gasteiger charge is 2.17. The topological polar surface area (TPSA) is 58.2 Å². The molecule has 1 unspecified atom stereocenters. The lowest BCUT2D eigenvalue weighted by Crippen LogP contribution is -2.42. The number of anilines is 1. The normalized spacial score (nSPS) is 12.4. The Morgan fingerprint density at radius 3 is 2.40 bits per heavy atom. The first-order valence-corrected chi connectivity index (χ1v) is 8.04. The van der Waals surface area contributed by atoms with Gasteiger partial charge in [0.2, 0.25) is 11.8 Å². The molecule has 4 nitrogen and oxygen atoms in total. The molecule has 0 bridgehead atoms. The number of hydrogen-bond acceptors (Lipinski definition) is 2. The Hall–Kier alpha value is -2.66. The van der Waals surface area contributed by atoms with Gasteiger partial charge >= 0.3 is 0 Å². The number of carbonyl (C=O) groups excluding carboxylic acids is 2. The lowest BCUT2D eigenvalue weighted by atomic mass is 10.1. The molecule has 2 rings (SSSR count). The van der Waals surface area contributed by atoms with Gasteiger partial charge in [0.25, 0.3) is 0 Å². The summed E-state index contributed by atoms with van der Waals surface area (Å²) in [4.78, 5) is 24.3. The Kier molecular flexibility index (Phi) is 6.31. The summed E-state index contributed by atoms with van der Waals surface area (Å²) < 4.78 is 13.6. The lowest BCUT2D eigenvalue weighted by molar-refractivity contribution is -0.123. The summed E-state index contributed by atoms with van der Waals surface area (Å²) in [7, 11) is 0. The summed E-state index contributed by atoms with van der Waals surface area (Å²) in [5.74, 6) is -1.42. The van der Waals surface area contributed by atoms with Crippen molar-refractivity contribution < 1.29 is 14.0 Å². The van der Waals surface area contributed by atoms with E-state index in [1.807, 2.05) is 0 Å². The maximum absolute atomic E-state index is 13.6. The zero-order valence-corrected chi connectivity index (χ0v) is 14.6. The first kappa shape index (κ1) is 18.7. The first-order chi connectivity index (χ1) is 11.9. The third-order valence-corrected chi connectivity index (χ3v) is 3.74. The van der Waals surface area contributed by atoms with Crippen LogP contribution in [0.3, 0.4) is 0 Å². The zero-order chi connectivity index (χ0) is 18.4. The van der Waals surface area contributed by atoms with Crippen LogP contribution in [0.4, 0.5) is 10.1 Å². The van der Waals surface area contributed by atoms with E-state index in [2.05, 4.69) is 10.6 Å². The Balaban J connectivity index is 1.97. The smallest absolute Gasteiger partial charge is 0.247 e. The van der Waals surface area contributed by atoms with E-state index in [4.69, 9.17) is 11.6 Å². The van der Waals surface area contributed by atoms with Crippen molar-refractivity contribution in [2.75, 3.05) is 5.32 Å². The summed E-state index contributed by atoms with van der Waals surface area (Å²) >= 11 is 5.82. The van der Waals surface area contributed by atoms with Crippen molar-refractivity contribution in [3.05, 3.63) is 70.5 Å². The molecule has 2 N–H and O–H groups in total. The molecule has 0 aromatic heterocycles. The number of para-hydroxylation sites is 1. The molecule has 0 aliphatic carbocycles. The van der Waals surface area contributed by atoms with Crippen molar-refractivity contribution in [1.82, 2.24) is 5.32 Å². The SMILES string of the molecule is C/C(=C\c1ccc(Cl)cc1)C(=O)NC(C)C(=O)Nc1ccccc1F. The number of nitrogens with one attached hydrogen (secondary N) is 2. The van der Waals surface area contributed by atoms with Gasteiger partial charge in [-0.2, -0.15) is 0 Å². The molecule has 0 saturated carbocycles. The number of hydrogen-bond donors (Lipinski definition) is 2. The van der Waals surface area contributed by atoms with Gasteiger partial charge in [0.15, 0.2) is 0 Å². The highest BCUT2D eigenvalue weighted by molar-refractivity contribution is 6.30. The van der Waals surface area contributed by atoms with Crippen molar-refractivity contribution in [2.24, 2.45) is 0 Å². The lowest BCUT2D eigenvalue weighted by Gasteiger charge is -2.14. The summed E-state index contributed by atoms with van der Waals surface area (Å²) in [5.41, 5.74) is 1.33. The van der Waals surface area contributed by atoms with Crippen LogP contribution < -0.4 is 10.6 Å². The molecule has 0 aliphatic heterocycles. The molecule has 6 heteroatoms. The van der Waals surface area contributed by atoms with E-state index < -0.39 is 17.8 Å². The molecule has 2 aromatic rings. The number of rotatable bonds is 5. The van der Waals surface area contributed by atoms with Crippen LogP contribution in [0.1, 0.15) is 19.4 Å². The number of carbonyl (C=O) groups is 2. The number of benzene rings is 2. The molecule has 1 atom stereocenters. The molecule has 130 valence electrons. The van der Waals surface area contributed by atoms with Crippen LogP contribution in [-0.4, -0.2) is 17.9 Å². The van der Waals surface area contributed by atoms with Crippen molar-refractivity contribution in [3.63, 3.8) is 0 Å². The second-order valence-corrected chi connectivity index (χ2v) is 5.98. The van der Waals surface area contributed by atoms with Gasteiger partial charge in [-0.3, -0.25) is 9.59 Å². The Morgan fingerprint density at radius 2 is 1.76 bits per heavy atom. The predicted molar refractivity (Wildman–Crippen MR) is 97.7 cm³/mol. The average molecular weight is 361 g/mol. The minimum absolute atomic E-state index is 0.0713. The molecule has 0 fully saturated rings. The maximum atomic E-state index is 13.6. The second-order valence-electron chi connectivity index (χ2n) is 5.54. The van der Waals surface area contributed by atoms with Gasteiger partial charge < -0.3 is 10.6 Å². The fourth-order valence-electron chi connectivity index (χ4n) is 2.05. The molecule has 0 heterocycles. The molecule has 0 spiro atoms. The summed E-state index contributed by atoms with van der Waals surface area (Å²) in [6.45, 7) is 3.18. The fraction of sp³-hybridized carbons (Fsp3) is 0.158. The quantitative estimate of drug-likeness (QED) is 0.791. The molecular weight excluding hydrogens is 343 g/mol. The first-order valence-electron chi connectivity index (χ1n) is 7.67. The average Bonchev–Trinajstić information content (AvgIpc) is 2.58. The summed E-state index contributed by atoms with van der Waals surface area (Å²) in [6, 6.07) is 12.0. The van der Waals surface area contributed by atoms with E-state index in [0.717, 1.165) is 5.56 Å². The van der Waals surface area contributed by atoms with Crippen LogP contribution in [0.2, 0.25) is 5.02 Å². The van der Waals surface area contributed by atoms with Crippen molar-refractivity contribution in [3.8, 4) is 0 Å². The van der Waals surface area contributed by atoms with Gasteiger partial charge in [-0.15, -0.1) is 0 Å². The van der Waals surface area contributed by atoms with E-state index in [9.17, 15) is 14.0 Å². The second kappa shape index (κ2) is 8.44. The van der Waals surface area contributed by atoms with E-state index in [1.165, 1.54) is 25.1 Å². The minimum atomic E-state index is -0.819. The monoisotopic (exact) mass is 360 g/mol. The van der Waals surface area contributed by atoms with Gasteiger partial charge in [-0.1, -0.05) is 35.9 Å². The van der Waals surface area contributed by atoms with Crippen LogP contribution in [0.5, 0.6) is 0 Å². The molecule has 0 aliphatic rings. The number of amides is 2. The highest BCUT2D eigenvalue weighted by atomic mass is 35.5. The molecule has 0 radical (unpaired) electrons. The largest absolute Gasteiger partial charge is 0.341 e. The van der Waals surface area contributed by atoms with Crippen molar-refractivity contribution >= 4 is 35.2 Å². The standard InChI is InChI=1S/C19H18ClFN2O2/c1-12(11-14-7-9-15(20)10-8-14)18(24)22-13(2)19(25)23-17-6-4-3-5-16(17)21/h3-11,13H,1-2H3,(H,22,24)(H,23,25)/b12-11+. The van der Waals surface area contributed by atoms with Gasteiger partial charge in [-0.25, -0.2) is 4.39 Å². The van der Waals surface area contributed by atoms with Gasteiger partial charge in [0.05, 0.1) is 5.69 Å². The van der Waals surface area contributed by atoms with Gasteiger partial charge in [-0.05, 0) is 49.8 Å². The third-order valence-electron chi connectivity index (χ3n) is 3.48. The van der Waals surface area contributed by atoms with Crippen LogP contribution in [0, 0.1) is 5.82 Å². The van der Waals surface area contributed by atoms with Crippen molar-refractivity contribution in [2.45, 2.75) is 19.9 Å². The molecule has 2 amide bonds. The van der Waals surface area contributed by atoms with Crippen molar-refractivity contribution in [1.29, 1.82) is 0 Å². The van der Waals surface area contributed by atoms with Crippen LogP contribution in [0.15, 0.2) is 54.1 Å². The van der Waals surface area contributed by atoms with Crippen LogP contribution >= 0.6 is 11.6 Å². The molecule has 25 heavy (non-hydrogen) atoms.